The zero-order valence-electron chi connectivity index (χ0n) is 11.7. The summed E-state index contributed by atoms with van der Waals surface area (Å²) in [6.07, 6.45) is 0.964. The number of rotatable bonds is 8. The second kappa shape index (κ2) is 8.68. The van der Waals surface area contributed by atoms with Gasteiger partial charge in [0.15, 0.2) is 0 Å². The summed E-state index contributed by atoms with van der Waals surface area (Å²) >= 11 is 4.89. The van der Waals surface area contributed by atoms with Gasteiger partial charge in [-0.15, -0.1) is 11.3 Å². The van der Waals surface area contributed by atoms with Crippen LogP contribution >= 0.6 is 27.3 Å². The maximum Gasteiger partial charge on any atom is 0.265 e. The standard InChI is InChI=1S/C13H21BrN2O2S/c1-15(2)6-4-7-16(8-9-18-3)13(17)12-11(14)5-10-19-12/h5,10H,4,6-9H2,1-3H3. The Morgan fingerprint density at radius 2 is 2.11 bits per heavy atom. The number of carbonyl (C=O) groups is 1. The minimum Gasteiger partial charge on any atom is -0.383 e. The molecule has 0 atom stereocenters. The summed E-state index contributed by atoms with van der Waals surface area (Å²) in [7, 11) is 5.73. The van der Waals surface area contributed by atoms with E-state index in [-0.39, 0.29) is 5.91 Å². The Morgan fingerprint density at radius 3 is 2.63 bits per heavy atom. The van der Waals surface area contributed by atoms with Gasteiger partial charge >= 0.3 is 0 Å². The number of hydrogen-bond acceptors (Lipinski definition) is 4. The maximum atomic E-state index is 12.4. The highest BCUT2D eigenvalue weighted by atomic mass is 79.9. The molecule has 0 aliphatic carbocycles. The zero-order valence-corrected chi connectivity index (χ0v) is 14.1. The molecule has 1 aromatic heterocycles. The van der Waals surface area contributed by atoms with Crippen LogP contribution < -0.4 is 0 Å². The lowest BCUT2D eigenvalue weighted by Crippen LogP contribution is -2.35. The molecule has 1 heterocycles. The number of halogens is 1. The molecule has 19 heavy (non-hydrogen) atoms. The first kappa shape index (κ1) is 16.6. The highest BCUT2D eigenvalue weighted by Gasteiger charge is 2.18. The predicted molar refractivity (Wildman–Crippen MR) is 83.0 cm³/mol. The van der Waals surface area contributed by atoms with Crippen LogP contribution in [0.2, 0.25) is 0 Å². The van der Waals surface area contributed by atoms with Gasteiger partial charge in [0.1, 0.15) is 4.88 Å². The Bertz CT molecular complexity index is 396. The van der Waals surface area contributed by atoms with Gasteiger partial charge in [-0.3, -0.25) is 4.79 Å². The molecule has 0 saturated carbocycles. The van der Waals surface area contributed by atoms with Crippen molar-refractivity contribution in [2.45, 2.75) is 6.42 Å². The van der Waals surface area contributed by atoms with Crippen molar-refractivity contribution in [2.24, 2.45) is 0 Å². The molecule has 0 bridgehead atoms. The van der Waals surface area contributed by atoms with Gasteiger partial charge in [-0.25, -0.2) is 0 Å². The van der Waals surface area contributed by atoms with E-state index in [9.17, 15) is 4.79 Å². The first-order chi connectivity index (χ1) is 9.06. The third-order valence-electron chi connectivity index (χ3n) is 2.70. The molecule has 1 aromatic rings. The van der Waals surface area contributed by atoms with Crippen LogP contribution in [0.15, 0.2) is 15.9 Å². The maximum absolute atomic E-state index is 12.4. The smallest absolute Gasteiger partial charge is 0.265 e. The summed E-state index contributed by atoms with van der Waals surface area (Å²) in [5.74, 6) is 0.0812. The lowest BCUT2D eigenvalue weighted by atomic mass is 10.3. The lowest BCUT2D eigenvalue weighted by molar-refractivity contribution is 0.0693. The summed E-state index contributed by atoms with van der Waals surface area (Å²) in [6, 6.07) is 1.91. The van der Waals surface area contributed by atoms with Gasteiger partial charge in [-0.2, -0.15) is 0 Å². The van der Waals surface area contributed by atoms with Crippen molar-refractivity contribution < 1.29 is 9.53 Å². The summed E-state index contributed by atoms with van der Waals surface area (Å²) in [4.78, 5) is 17.2. The van der Waals surface area contributed by atoms with E-state index in [1.165, 1.54) is 11.3 Å². The first-order valence-electron chi connectivity index (χ1n) is 6.22. The van der Waals surface area contributed by atoms with Crippen LogP contribution in [0, 0.1) is 0 Å². The van der Waals surface area contributed by atoms with Gasteiger partial charge in [-0.1, -0.05) is 0 Å². The molecule has 6 heteroatoms. The van der Waals surface area contributed by atoms with Gasteiger partial charge in [0.05, 0.1) is 6.61 Å². The molecule has 0 unspecified atom stereocenters. The monoisotopic (exact) mass is 348 g/mol. The van der Waals surface area contributed by atoms with E-state index >= 15 is 0 Å². The molecule has 0 aliphatic rings. The molecule has 1 rings (SSSR count). The first-order valence-corrected chi connectivity index (χ1v) is 7.89. The number of carbonyl (C=O) groups excluding carboxylic acids is 1. The Hall–Kier alpha value is -0.430. The molecule has 0 fully saturated rings. The molecule has 0 saturated heterocycles. The van der Waals surface area contributed by atoms with Crippen molar-refractivity contribution in [3.63, 3.8) is 0 Å². The van der Waals surface area contributed by atoms with Gasteiger partial charge in [0.25, 0.3) is 5.91 Å². The largest absolute Gasteiger partial charge is 0.383 e. The molecule has 108 valence electrons. The third kappa shape index (κ3) is 5.60. The summed E-state index contributed by atoms with van der Waals surface area (Å²) < 4.78 is 5.96. The van der Waals surface area contributed by atoms with Crippen molar-refractivity contribution in [3.05, 3.63) is 20.8 Å². The Labute approximate surface area is 127 Å². The molecular formula is C13H21BrN2O2S. The average Bonchev–Trinajstić information content (AvgIpc) is 2.78. The molecule has 1 amide bonds. The van der Waals surface area contributed by atoms with Crippen LogP contribution in [-0.2, 0) is 4.74 Å². The highest BCUT2D eigenvalue weighted by Crippen LogP contribution is 2.24. The van der Waals surface area contributed by atoms with Gasteiger partial charge in [-0.05, 0) is 54.4 Å². The molecular weight excluding hydrogens is 328 g/mol. The minimum atomic E-state index is 0.0812. The van der Waals surface area contributed by atoms with Crippen LogP contribution in [0.3, 0.4) is 0 Å². The summed E-state index contributed by atoms with van der Waals surface area (Å²) in [5.41, 5.74) is 0. The summed E-state index contributed by atoms with van der Waals surface area (Å²) in [5, 5.41) is 1.92. The number of nitrogens with zero attached hydrogens (tertiary/aromatic N) is 2. The number of methoxy groups -OCH3 is 1. The number of ether oxygens (including phenoxy) is 1. The van der Waals surface area contributed by atoms with E-state index in [4.69, 9.17) is 4.74 Å². The normalized spacial score (nSPS) is 11.0. The molecule has 4 nitrogen and oxygen atoms in total. The van der Waals surface area contributed by atoms with Crippen LogP contribution in [0.4, 0.5) is 0 Å². The number of hydrogen-bond donors (Lipinski definition) is 0. The molecule has 0 N–H and O–H groups in total. The van der Waals surface area contributed by atoms with E-state index in [1.54, 1.807) is 7.11 Å². The Morgan fingerprint density at radius 1 is 1.37 bits per heavy atom. The van der Waals surface area contributed by atoms with Crippen molar-refractivity contribution in [2.75, 3.05) is 47.4 Å². The number of thiophene rings is 1. The predicted octanol–water partition coefficient (Wildman–Crippen LogP) is 2.55. The van der Waals surface area contributed by atoms with Crippen molar-refractivity contribution in [1.82, 2.24) is 9.80 Å². The fourth-order valence-electron chi connectivity index (χ4n) is 1.68. The van der Waals surface area contributed by atoms with Crippen LogP contribution in [0.25, 0.3) is 0 Å². The molecule has 0 aromatic carbocycles. The highest BCUT2D eigenvalue weighted by molar-refractivity contribution is 9.10. The minimum absolute atomic E-state index is 0.0812. The molecule has 0 spiro atoms. The van der Waals surface area contributed by atoms with Crippen molar-refractivity contribution in [3.8, 4) is 0 Å². The lowest BCUT2D eigenvalue weighted by Gasteiger charge is -2.23. The average molecular weight is 349 g/mol. The third-order valence-corrected chi connectivity index (χ3v) is 4.52. The number of amides is 1. The van der Waals surface area contributed by atoms with E-state index in [1.807, 2.05) is 30.4 Å². The van der Waals surface area contributed by atoms with E-state index in [2.05, 4.69) is 20.8 Å². The van der Waals surface area contributed by atoms with E-state index < -0.39 is 0 Å². The van der Waals surface area contributed by atoms with Crippen molar-refractivity contribution >= 4 is 33.2 Å². The SMILES string of the molecule is COCCN(CCCN(C)C)C(=O)c1sccc1Br. The fraction of sp³-hybridized carbons (Fsp3) is 0.615. The van der Waals surface area contributed by atoms with E-state index in [0.29, 0.717) is 13.2 Å². The van der Waals surface area contributed by atoms with E-state index in [0.717, 1.165) is 28.9 Å². The molecule has 0 radical (unpaired) electrons. The topological polar surface area (TPSA) is 32.8 Å². The van der Waals surface area contributed by atoms with Crippen LogP contribution in [-0.4, -0.2) is 63.2 Å². The summed E-state index contributed by atoms with van der Waals surface area (Å²) in [6.45, 7) is 2.93. The fourth-order valence-corrected chi connectivity index (χ4v) is 3.19. The van der Waals surface area contributed by atoms with Crippen LogP contribution in [0.5, 0.6) is 0 Å². The van der Waals surface area contributed by atoms with Gasteiger partial charge in [0, 0.05) is 24.7 Å². The Balaban J connectivity index is 2.62. The quantitative estimate of drug-likeness (QED) is 0.723. The van der Waals surface area contributed by atoms with Gasteiger partial charge < -0.3 is 14.5 Å². The second-order valence-corrected chi connectivity index (χ2v) is 6.31. The Kier molecular flexibility index (Phi) is 7.60. The second-order valence-electron chi connectivity index (χ2n) is 4.54. The van der Waals surface area contributed by atoms with Crippen molar-refractivity contribution in [1.29, 1.82) is 0 Å². The molecule has 0 aliphatic heterocycles. The van der Waals surface area contributed by atoms with Gasteiger partial charge in [0.2, 0.25) is 0 Å². The zero-order chi connectivity index (χ0) is 14.3. The van der Waals surface area contributed by atoms with Crippen LogP contribution in [0.1, 0.15) is 16.1 Å².